The van der Waals surface area contributed by atoms with Gasteiger partial charge in [0.25, 0.3) is 5.89 Å². The Morgan fingerprint density at radius 3 is 2.94 bits per heavy atom. The van der Waals surface area contributed by atoms with Crippen molar-refractivity contribution >= 4 is 5.78 Å². The highest BCUT2D eigenvalue weighted by atomic mass is 16.5. The summed E-state index contributed by atoms with van der Waals surface area (Å²) in [5.41, 5.74) is 2.01. The fourth-order valence-electron chi connectivity index (χ4n) is 1.44. The first-order valence-corrected chi connectivity index (χ1v) is 5.04. The number of ketones is 1. The monoisotopic (exact) mass is 216 g/mol. The molecule has 1 aromatic heterocycles. The Morgan fingerprint density at radius 1 is 1.44 bits per heavy atom. The van der Waals surface area contributed by atoms with Crippen LogP contribution in [0.4, 0.5) is 0 Å². The normalized spacial score (nSPS) is 10.4. The molecule has 1 aromatic carbocycles. The van der Waals surface area contributed by atoms with Gasteiger partial charge < -0.3 is 4.52 Å². The molecule has 0 N–H and O–H groups in total. The average Bonchev–Trinajstić information content (AvgIpc) is 2.65. The second-order valence-electron chi connectivity index (χ2n) is 3.76. The summed E-state index contributed by atoms with van der Waals surface area (Å²) >= 11 is 0. The molecular formula is C12H12N2O2. The van der Waals surface area contributed by atoms with Gasteiger partial charge in [0.15, 0.2) is 5.82 Å². The van der Waals surface area contributed by atoms with E-state index >= 15 is 0 Å². The van der Waals surface area contributed by atoms with Crippen molar-refractivity contribution in [3.8, 4) is 11.5 Å². The maximum absolute atomic E-state index is 10.9. The molecule has 0 bridgehead atoms. The van der Waals surface area contributed by atoms with Crippen molar-refractivity contribution in [2.45, 2.75) is 20.3 Å². The molecule has 0 aliphatic rings. The molecule has 2 rings (SSSR count). The molecule has 0 saturated carbocycles. The summed E-state index contributed by atoms with van der Waals surface area (Å²) in [6, 6.07) is 7.79. The quantitative estimate of drug-likeness (QED) is 0.789. The van der Waals surface area contributed by atoms with Crippen molar-refractivity contribution in [2.75, 3.05) is 0 Å². The van der Waals surface area contributed by atoms with Crippen LogP contribution in [0.1, 0.15) is 18.3 Å². The molecule has 1 heterocycles. The lowest BCUT2D eigenvalue weighted by atomic mass is 10.1. The Hall–Kier alpha value is -1.97. The minimum absolute atomic E-state index is 0.0246. The second kappa shape index (κ2) is 4.26. The Labute approximate surface area is 93.3 Å². The molecule has 16 heavy (non-hydrogen) atoms. The number of carbonyl (C=O) groups excluding carboxylic acids is 1. The lowest BCUT2D eigenvalue weighted by Crippen LogP contribution is -1.97. The molecule has 2 aromatic rings. The number of hydrogen-bond acceptors (Lipinski definition) is 4. The van der Waals surface area contributed by atoms with Crippen LogP contribution >= 0.6 is 0 Å². The van der Waals surface area contributed by atoms with Crippen molar-refractivity contribution in [2.24, 2.45) is 0 Å². The van der Waals surface area contributed by atoms with Crippen LogP contribution in [0.25, 0.3) is 11.5 Å². The zero-order valence-corrected chi connectivity index (χ0v) is 9.23. The number of Topliss-reactive ketones (excluding diaryl/α,β-unsaturated/α-hetero) is 1. The Morgan fingerprint density at radius 2 is 2.25 bits per heavy atom. The largest absolute Gasteiger partial charge is 0.334 e. The maximum Gasteiger partial charge on any atom is 0.257 e. The summed E-state index contributed by atoms with van der Waals surface area (Å²) in [6.45, 7) is 3.50. The number of carbonyl (C=O) groups is 1. The average molecular weight is 216 g/mol. The Balaban J connectivity index is 2.28. The highest BCUT2D eigenvalue weighted by Crippen LogP contribution is 2.18. The van der Waals surface area contributed by atoms with E-state index in [0.717, 1.165) is 11.1 Å². The third kappa shape index (κ3) is 2.34. The van der Waals surface area contributed by atoms with Gasteiger partial charge in [-0.05, 0) is 26.0 Å². The van der Waals surface area contributed by atoms with Crippen molar-refractivity contribution in [1.29, 1.82) is 0 Å². The number of rotatable bonds is 3. The highest BCUT2D eigenvalue weighted by molar-refractivity contribution is 5.77. The first-order valence-electron chi connectivity index (χ1n) is 5.04. The summed E-state index contributed by atoms with van der Waals surface area (Å²) in [5.74, 6) is 0.917. The van der Waals surface area contributed by atoms with Gasteiger partial charge in [-0.3, -0.25) is 4.79 Å². The van der Waals surface area contributed by atoms with Crippen LogP contribution in [0, 0.1) is 6.92 Å². The van der Waals surface area contributed by atoms with Gasteiger partial charge >= 0.3 is 0 Å². The van der Waals surface area contributed by atoms with E-state index in [-0.39, 0.29) is 12.2 Å². The van der Waals surface area contributed by atoms with E-state index in [0.29, 0.717) is 11.7 Å². The SMILES string of the molecule is CC(=O)Cc1noc(-c2cccc(C)c2)n1. The van der Waals surface area contributed by atoms with Gasteiger partial charge in [-0.1, -0.05) is 22.9 Å². The van der Waals surface area contributed by atoms with E-state index in [2.05, 4.69) is 10.1 Å². The highest BCUT2D eigenvalue weighted by Gasteiger charge is 2.09. The number of aryl methyl sites for hydroxylation is 1. The molecule has 82 valence electrons. The first-order chi connectivity index (χ1) is 7.65. The van der Waals surface area contributed by atoms with Gasteiger partial charge in [0.05, 0.1) is 6.42 Å². The number of hydrogen-bond donors (Lipinski definition) is 0. The zero-order valence-electron chi connectivity index (χ0n) is 9.23. The first kappa shape index (κ1) is 10.5. The minimum atomic E-state index is 0.0246. The molecule has 0 atom stereocenters. The predicted octanol–water partition coefficient (Wildman–Crippen LogP) is 2.18. The molecule has 0 aliphatic heterocycles. The second-order valence-corrected chi connectivity index (χ2v) is 3.76. The number of nitrogens with zero attached hydrogens (tertiary/aromatic N) is 2. The lowest BCUT2D eigenvalue weighted by Gasteiger charge is -1.94. The van der Waals surface area contributed by atoms with Gasteiger partial charge in [0.1, 0.15) is 5.78 Å². The van der Waals surface area contributed by atoms with Crippen molar-refractivity contribution in [1.82, 2.24) is 10.1 Å². The summed E-state index contributed by atoms with van der Waals surface area (Å²) in [7, 11) is 0. The van der Waals surface area contributed by atoms with Crippen molar-refractivity contribution < 1.29 is 9.32 Å². The van der Waals surface area contributed by atoms with Crippen molar-refractivity contribution in [3.05, 3.63) is 35.7 Å². The molecule has 4 nitrogen and oxygen atoms in total. The maximum atomic E-state index is 10.9. The molecule has 0 saturated heterocycles. The predicted molar refractivity (Wildman–Crippen MR) is 58.9 cm³/mol. The van der Waals surface area contributed by atoms with Crippen LogP contribution in [0.2, 0.25) is 0 Å². The molecule has 0 unspecified atom stereocenters. The van der Waals surface area contributed by atoms with E-state index in [9.17, 15) is 4.79 Å². The lowest BCUT2D eigenvalue weighted by molar-refractivity contribution is -0.116. The fourth-order valence-corrected chi connectivity index (χ4v) is 1.44. The van der Waals surface area contributed by atoms with E-state index in [1.165, 1.54) is 6.92 Å². The zero-order chi connectivity index (χ0) is 11.5. The topological polar surface area (TPSA) is 56.0 Å². The summed E-state index contributed by atoms with van der Waals surface area (Å²) in [4.78, 5) is 15.1. The Kier molecular flexibility index (Phi) is 2.81. The van der Waals surface area contributed by atoms with Crippen LogP contribution in [0.15, 0.2) is 28.8 Å². The van der Waals surface area contributed by atoms with Crippen LogP contribution in [0.3, 0.4) is 0 Å². The van der Waals surface area contributed by atoms with Crippen LogP contribution in [-0.2, 0) is 11.2 Å². The number of benzene rings is 1. The molecule has 0 aliphatic carbocycles. The fraction of sp³-hybridized carbons (Fsp3) is 0.250. The van der Waals surface area contributed by atoms with Crippen LogP contribution in [-0.4, -0.2) is 15.9 Å². The molecule has 0 amide bonds. The third-order valence-electron chi connectivity index (χ3n) is 2.14. The van der Waals surface area contributed by atoms with Gasteiger partial charge in [-0.2, -0.15) is 4.98 Å². The van der Waals surface area contributed by atoms with Gasteiger partial charge in [0.2, 0.25) is 0 Å². The van der Waals surface area contributed by atoms with Crippen LogP contribution < -0.4 is 0 Å². The molecule has 4 heteroatoms. The third-order valence-corrected chi connectivity index (χ3v) is 2.14. The van der Waals surface area contributed by atoms with E-state index < -0.39 is 0 Å². The summed E-state index contributed by atoms with van der Waals surface area (Å²) in [5, 5.41) is 3.76. The van der Waals surface area contributed by atoms with E-state index in [4.69, 9.17) is 4.52 Å². The van der Waals surface area contributed by atoms with Crippen molar-refractivity contribution in [3.63, 3.8) is 0 Å². The van der Waals surface area contributed by atoms with Crippen LogP contribution in [0.5, 0.6) is 0 Å². The standard InChI is InChI=1S/C12H12N2O2/c1-8-4-3-5-10(6-8)12-13-11(14-16-12)7-9(2)15/h3-6H,7H2,1-2H3. The summed E-state index contributed by atoms with van der Waals surface area (Å²) < 4.78 is 5.09. The van der Waals surface area contributed by atoms with E-state index in [1.54, 1.807) is 0 Å². The molecule has 0 fully saturated rings. The smallest absolute Gasteiger partial charge is 0.257 e. The molecule has 0 spiro atoms. The number of aromatic nitrogens is 2. The minimum Gasteiger partial charge on any atom is -0.334 e. The van der Waals surface area contributed by atoms with E-state index in [1.807, 2.05) is 31.2 Å². The molecular weight excluding hydrogens is 204 g/mol. The van der Waals surface area contributed by atoms with Gasteiger partial charge in [0, 0.05) is 5.56 Å². The summed E-state index contributed by atoms with van der Waals surface area (Å²) in [6.07, 6.45) is 0.218. The van der Waals surface area contributed by atoms with Gasteiger partial charge in [-0.15, -0.1) is 0 Å². The van der Waals surface area contributed by atoms with Gasteiger partial charge in [-0.25, -0.2) is 0 Å². The molecule has 0 radical (unpaired) electrons. The Bertz CT molecular complexity index is 517.